The summed E-state index contributed by atoms with van der Waals surface area (Å²) in [6.07, 6.45) is 4.35. The minimum Gasteiger partial charge on any atom is -0.378 e. The molecule has 0 aliphatic rings. The van der Waals surface area contributed by atoms with Gasteiger partial charge in [-0.15, -0.1) is 0 Å². The van der Waals surface area contributed by atoms with Gasteiger partial charge in [-0.3, -0.25) is 0 Å². The van der Waals surface area contributed by atoms with E-state index in [4.69, 9.17) is 7.85 Å². The molecule has 0 atom stereocenters. The van der Waals surface area contributed by atoms with Crippen molar-refractivity contribution in [1.29, 1.82) is 0 Å². The van der Waals surface area contributed by atoms with Crippen LogP contribution in [0.2, 0.25) is 5.31 Å². The lowest BCUT2D eigenvalue weighted by atomic mass is 9.70. The fraction of sp³-hybridized carbons (Fsp3) is 0.846. The van der Waals surface area contributed by atoms with Crippen LogP contribution in [0.1, 0.15) is 33.6 Å². The molecule has 0 fully saturated rings. The molecule has 3 heteroatoms. The highest BCUT2D eigenvalue weighted by atomic mass is 15.1. The zero-order chi connectivity index (χ0) is 12.8. The molecule has 92 valence electrons. The smallest absolute Gasteiger partial charge is 0.0742 e. The van der Waals surface area contributed by atoms with Crippen LogP contribution in [0.5, 0.6) is 0 Å². The highest BCUT2D eigenvalue weighted by molar-refractivity contribution is 6.14. The lowest BCUT2D eigenvalue weighted by molar-refractivity contribution is 0.344. The number of hydrogen-bond donors (Lipinski definition) is 0. The van der Waals surface area contributed by atoms with Gasteiger partial charge in [-0.2, -0.15) is 0 Å². The van der Waals surface area contributed by atoms with Crippen molar-refractivity contribution in [3.8, 4) is 0 Å². The van der Waals surface area contributed by atoms with Crippen molar-refractivity contribution in [2.75, 3.05) is 34.2 Å². The molecular formula is C13H27BN2. The van der Waals surface area contributed by atoms with Crippen molar-refractivity contribution < 1.29 is 0 Å². The zero-order valence-corrected chi connectivity index (χ0v) is 11.9. The maximum absolute atomic E-state index is 5.95. The van der Waals surface area contributed by atoms with E-state index in [1.165, 1.54) is 12.1 Å². The molecule has 0 aromatic rings. The summed E-state index contributed by atoms with van der Waals surface area (Å²) in [5.41, 5.74) is 1.32. The van der Waals surface area contributed by atoms with E-state index in [-0.39, 0.29) is 5.31 Å². The first-order valence-electron chi connectivity index (χ1n) is 6.04. The van der Waals surface area contributed by atoms with Gasteiger partial charge in [-0.05, 0) is 40.4 Å². The van der Waals surface area contributed by atoms with Gasteiger partial charge in [0, 0.05) is 19.3 Å². The minimum atomic E-state index is -0.105. The summed E-state index contributed by atoms with van der Waals surface area (Å²) in [6.45, 7) is 8.51. The van der Waals surface area contributed by atoms with Crippen molar-refractivity contribution in [3.63, 3.8) is 0 Å². The van der Waals surface area contributed by atoms with E-state index in [9.17, 15) is 0 Å². The Morgan fingerprint density at radius 3 is 2.19 bits per heavy atom. The van der Waals surface area contributed by atoms with Gasteiger partial charge in [-0.1, -0.05) is 25.2 Å². The second kappa shape index (κ2) is 7.00. The van der Waals surface area contributed by atoms with E-state index in [1.807, 2.05) is 0 Å². The van der Waals surface area contributed by atoms with Crippen LogP contribution in [0.15, 0.2) is 11.8 Å². The Labute approximate surface area is 103 Å². The van der Waals surface area contributed by atoms with Crippen molar-refractivity contribution in [2.24, 2.45) is 0 Å². The average molecular weight is 222 g/mol. The maximum atomic E-state index is 5.95. The molecule has 0 aliphatic carbocycles. The molecule has 0 saturated heterocycles. The molecule has 0 rings (SSSR count). The first-order valence-corrected chi connectivity index (χ1v) is 6.04. The molecule has 0 amide bonds. The van der Waals surface area contributed by atoms with Gasteiger partial charge in [0.05, 0.1) is 7.85 Å². The maximum Gasteiger partial charge on any atom is 0.0742 e. The quantitative estimate of drug-likeness (QED) is 0.611. The summed E-state index contributed by atoms with van der Waals surface area (Å²) in [5, 5.41) is -0.105. The highest BCUT2D eigenvalue weighted by Gasteiger charge is 2.08. The number of hydrogen-bond acceptors (Lipinski definition) is 2. The van der Waals surface area contributed by atoms with Crippen LogP contribution in [0.25, 0.3) is 0 Å². The number of rotatable bonds is 7. The van der Waals surface area contributed by atoms with Crippen LogP contribution in [0, 0.1) is 0 Å². The molecule has 0 aromatic heterocycles. The predicted molar refractivity (Wildman–Crippen MR) is 74.0 cm³/mol. The van der Waals surface area contributed by atoms with E-state index in [2.05, 4.69) is 57.8 Å². The third-order valence-corrected chi connectivity index (χ3v) is 2.62. The van der Waals surface area contributed by atoms with Crippen molar-refractivity contribution in [2.45, 2.75) is 38.9 Å². The average Bonchev–Trinajstić information content (AvgIpc) is 2.12. The fourth-order valence-corrected chi connectivity index (χ4v) is 1.37. The van der Waals surface area contributed by atoms with Gasteiger partial charge in [0.15, 0.2) is 0 Å². The largest absolute Gasteiger partial charge is 0.378 e. The molecule has 0 saturated carbocycles. The molecule has 0 N–H and O–H groups in total. The summed E-state index contributed by atoms with van der Waals surface area (Å²) in [7, 11) is 12.3. The fourth-order valence-electron chi connectivity index (χ4n) is 1.37. The molecule has 16 heavy (non-hydrogen) atoms. The molecule has 0 unspecified atom stereocenters. The third kappa shape index (κ3) is 8.84. The lowest BCUT2D eigenvalue weighted by Crippen LogP contribution is -2.22. The molecule has 2 nitrogen and oxygen atoms in total. The summed E-state index contributed by atoms with van der Waals surface area (Å²) < 4.78 is 0. The first-order chi connectivity index (χ1) is 7.22. The van der Waals surface area contributed by atoms with E-state index in [0.29, 0.717) is 0 Å². The number of nitrogens with zero attached hydrogens (tertiary/aromatic N) is 2. The van der Waals surface area contributed by atoms with Gasteiger partial charge in [0.2, 0.25) is 0 Å². The Morgan fingerprint density at radius 1 is 1.19 bits per heavy atom. The predicted octanol–water partition coefficient (Wildman–Crippen LogP) is 2.53. The van der Waals surface area contributed by atoms with Crippen molar-refractivity contribution in [1.82, 2.24) is 9.80 Å². The Morgan fingerprint density at radius 2 is 1.75 bits per heavy atom. The Kier molecular flexibility index (Phi) is 6.81. The summed E-state index contributed by atoms with van der Waals surface area (Å²) in [6, 6.07) is 0. The van der Waals surface area contributed by atoms with Crippen LogP contribution in [-0.4, -0.2) is 51.9 Å². The van der Waals surface area contributed by atoms with Gasteiger partial charge in [0.1, 0.15) is 0 Å². The Hall–Kier alpha value is -0.435. The van der Waals surface area contributed by atoms with Gasteiger partial charge >= 0.3 is 0 Å². The van der Waals surface area contributed by atoms with Crippen molar-refractivity contribution >= 4 is 7.85 Å². The number of allylic oxidation sites excluding steroid dienone is 2. The minimum absolute atomic E-state index is 0.105. The second-order valence-corrected chi connectivity index (χ2v) is 5.62. The van der Waals surface area contributed by atoms with Gasteiger partial charge in [-0.25, -0.2) is 0 Å². The summed E-state index contributed by atoms with van der Waals surface area (Å²) >= 11 is 0. The van der Waals surface area contributed by atoms with Crippen molar-refractivity contribution in [3.05, 3.63) is 11.8 Å². The van der Waals surface area contributed by atoms with Gasteiger partial charge < -0.3 is 9.80 Å². The third-order valence-electron chi connectivity index (χ3n) is 2.62. The van der Waals surface area contributed by atoms with Crippen LogP contribution < -0.4 is 0 Å². The van der Waals surface area contributed by atoms with E-state index in [0.717, 1.165) is 19.5 Å². The first kappa shape index (κ1) is 15.6. The monoisotopic (exact) mass is 222 g/mol. The Bertz CT molecular complexity index is 216. The molecular weight excluding hydrogens is 195 g/mol. The zero-order valence-electron chi connectivity index (χ0n) is 11.9. The highest BCUT2D eigenvalue weighted by Crippen LogP contribution is 2.24. The van der Waals surface area contributed by atoms with Crippen LogP contribution >= 0.6 is 0 Å². The molecule has 0 heterocycles. The molecule has 0 aliphatic heterocycles. The summed E-state index contributed by atoms with van der Waals surface area (Å²) in [5.74, 6) is 0. The summed E-state index contributed by atoms with van der Waals surface area (Å²) in [4.78, 5) is 4.52. The van der Waals surface area contributed by atoms with Crippen LogP contribution in [-0.2, 0) is 0 Å². The molecule has 0 bridgehead atoms. The lowest BCUT2D eigenvalue weighted by Gasteiger charge is -2.23. The Balaban J connectivity index is 3.93. The molecule has 2 radical (unpaired) electrons. The normalized spacial score (nSPS) is 13.3. The van der Waals surface area contributed by atoms with E-state index in [1.54, 1.807) is 0 Å². The van der Waals surface area contributed by atoms with E-state index >= 15 is 0 Å². The molecule has 0 aromatic carbocycles. The topological polar surface area (TPSA) is 6.48 Å². The SMILES string of the molecule is [B]C(C)(C)C/C=C(\C)N(C)CCCN(C)C. The van der Waals surface area contributed by atoms with E-state index < -0.39 is 0 Å². The second-order valence-electron chi connectivity index (χ2n) is 5.62. The van der Waals surface area contributed by atoms with Crippen LogP contribution in [0.3, 0.4) is 0 Å². The van der Waals surface area contributed by atoms with Crippen LogP contribution in [0.4, 0.5) is 0 Å². The molecule has 0 spiro atoms. The van der Waals surface area contributed by atoms with Gasteiger partial charge in [0.25, 0.3) is 0 Å². The standard InChI is InChI=1S/C13H27BN2/c1-12(8-9-13(2,3)14)16(6)11-7-10-15(4)5/h8H,7,9-11H2,1-6H3/b12-8+.